The predicted molar refractivity (Wildman–Crippen MR) is 94.5 cm³/mol. The number of halogens is 8. The number of hydrogen-bond acceptors (Lipinski definition) is 2. The fraction of sp³-hybridized carbons (Fsp3) is 0.188. The molecule has 0 amide bonds. The molecular formula is C16H10F8N2S2. The zero-order valence-corrected chi connectivity index (χ0v) is 15.1. The van der Waals surface area contributed by atoms with E-state index in [1.54, 1.807) is 0 Å². The predicted octanol–water partition coefficient (Wildman–Crippen LogP) is 6.52. The van der Waals surface area contributed by atoms with Gasteiger partial charge in [0, 0.05) is 16.3 Å². The lowest BCUT2D eigenvalue weighted by molar-refractivity contribution is -0.330. The summed E-state index contributed by atoms with van der Waals surface area (Å²) in [6, 6.07) is 9.41. The van der Waals surface area contributed by atoms with Crippen LogP contribution in [0.3, 0.4) is 0 Å². The number of rotatable bonds is 5. The highest BCUT2D eigenvalue weighted by Crippen LogP contribution is 2.53. The van der Waals surface area contributed by atoms with E-state index < -0.39 is 39.8 Å². The van der Waals surface area contributed by atoms with Crippen molar-refractivity contribution in [3.63, 3.8) is 0 Å². The maximum Gasteiger partial charge on any atom is 0.460 e. The Balaban J connectivity index is 2.01. The van der Waals surface area contributed by atoms with Gasteiger partial charge in [0.15, 0.2) is 5.11 Å². The van der Waals surface area contributed by atoms with Crippen LogP contribution in [-0.2, 0) is 0 Å². The Morgan fingerprint density at radius 2 is 1.18 bits per heavy atom. The summed E-state index contributed by atoms with van der Waals surface area (Å²) in [7, 11) is 0. The van der Waals surface area contributed by atoms with Crippen molar-refractivity contribution in [3.05, 3.63) is 54.3 Å². The van der Waals surface area contributed by atoms with E-state index in [1.807, 2.05) is 0 Å². The zero-order chi connectivity index (χ0) is 21.2. The van der Waals surface area contributed by atoms with E-state index in [2.05, 4.69) is 10.6 Å². The van der Waals surface area contributed by atoms with Crippen molar-refractivity contribution in [2.45, 2.75) is 22.2 Å². The van der Waals surface area contributed by atoms with Gasteiger partial charge in [0.1, 0.15) is 5.82 Å². The minimum Gasteiger partial charge on any atom is -0.332 e. The van der Waals surface area contributed by atoms with Crippen molar-refractivity contribution in [2.75, 3.05) is 10.6 Å². The second-order valence-electron chi connectivity index (χ2n) is 5.30. The molecule has 0 aliphatic rings. The van der Waals surface area contributed by atoms with Crippen molar-refractivity contribution in [1.82, 2.24) is 0 Å². The second kappa shape index (κ2) is 8.11. The van der Waals surface area contributed by atoms with E-state index >= 15 is 0 Å². The number of thiocarbonyl (C=S) groups is 1. The quantitative estimate of drug-likeness (QED) is 0.310. The van der Waals surface area contributed by atoms with Gasteiger partial charge in [-0.3, -0.25) is 0 Å². The number of hydrogen-bond donors (Lipinski definition) is 2. The summed E-state index contributed by atoms with van der Waals surface area (Å²) in [5.41, 5.74) is 0.718. The lowest BCUT2D eigenvalue weighted by Gasteiger charge is -2.27. The monoisotopic (exact) mass is 446 g/mol. The molecule has 0 aliphatic carbocycles. The van der Waals surface area contributed by atoms with Gasteiger partial charge in [0.25, 0.3) is 0 Å². The Bertz CT molecular complexity index is 820. The largest absolute Gasteiger partial charge is 0.460 e. The van der Waals surface area contributed by atoms with Crippen molar-refractivity contribution in [1.29, 1.82) is 0 Å². The first-order valence-electron chi connectivity index (χ1n) is 7.27. The minimum absolute atomic E-state index is 0.0564. The minimum atomic E-state index is -6.39. The Hall–Kier alpha value is -2.08. The van der Waals surface area contributed by atoms with Gasteiger partial charge in [0.05, 0.1) is 0 Å². The van der Waals surface area contributed by atoms with Gasteiger partial charge in [-0.1, -0.05) is 0 Å². The molecule has 2 N–H and O–H groups in total. The van der Waals surface area contributed by atoms with E-state index in [9.17, 15) is 35.1 Å². The van der Waals surface area contributed by atoms with Crippen LogP contribution in [0.1, 0.15) is 0 Å². The summed E-state index contributed by atoms with van der Waals surface area (Å²) in [4.78, 5) is -0.503. The zero-order valence-electron chi connectivity index (χ0n) is 13.5. The van der Waals surface area contributed by atoms with Crippen LogP contribution in [0.4, 0.5) is 46.5 Å². The van der Waals surface area contributed by atoms with Crippen molar-refractivity contribution in [3.8, 4) is 0 Å². The third-order valence-corrected chi connectivity index (χ3v) is 4.41. The van der Waals surface area contributed by atoms with E-state index in [1.165, 1.54) is 36.4 Å². The molecule has 152 valence electrons. The smallest absolute Gasteiger partial charge is 0.332 e. The highest BCUT2D eigenvalue weighted by molar-refractivity contribution is 8.00. The molecule has 2 aromatic carbocycles. The second-order valence-corrected chi connectivity index (χ2v) is 6.90. The summed E-state index contributed by atoms with van der Waals surface area (Å²) in [6.45, 7) is 0. The van der Waals surface area contributed by atoms with Crippen LogP contribution in [0.15, 0.2) is 53.4 Å². The average Bonchev–Trinajstić information content (AvgIpc) is 2.57. The summed E-state index contributed by atoms with van der Waals surface area (Å²) in [6.07, 6.45) is -6.39. The maximum absolute atomic E-state index is 13.4. The molecule has 0 saturated heterocycles. The standard InChI is InChI=1S/C16H10F8N2S2/c17-9-1-3-10(4-2-9)25-13(27)26-11-5-7-12(8-6-11)28-16(23,24)14(18,19)15(20,21)22/h1-8H,(H2,25,26,27). The Labute approximate surface area is 163 Å². The molecule has 2 nitrogen and oxygen atoms in total. The average molecular weight is 446 g/mol. The van der Waals surface area contributed by atoms with Gasteiger partial charge < -0.3 is 10.6 Å². The van der Waals surface area contributed by atoms with Crippen LogP contribution in [-0.4, -0.2) is 22.5 Å². The number of thioether (sulfide) groups is 1. The molecule has 0 spiro atoms. The molecule has 2 aromatic rings. The lowest BCUT2D eigenvalue weighted by atomic mass is 10.3. The summed E-state index contributed by atoms with van der Waals surface area (Å²) < 4.78 is 102. The van der Waals surface area contributed by atoms with Crippen LogP contribution in [0, 0.1) is 5.82 Å². The highest BCUT2D eigenvalue weighted by Gasteiger charge is 2.73. The molecule has 0 fully saturated rings. The summed E-state index contributed by atoms with van der Waals surface area (Å²) >= 11 is 4.09. The molecule has 0 aliphatic heterocycles. The van der Waals surface area contributed by atoms with Crippen LogP contribution < -0.4 is 10.6 Å². The molecule has 28 heavy (non-hydrogen) atoms. The van der Waals surface area contributed by atoms with Gasteiger partial charge >= 0.3 is 17.4 Å². The molecule has 0 aromatic heterocycles. The highest BCUT2D eigenvalue weighted by atomic mass is 32.2. The van der Waals surface area contributed by atoms with Gasteiger partial charge in [0.2, 0.25) is 0 Å². The van der Waals surface area contributed by atoms with Gasteiger partial charge in [-0.25, -0.2) is 4.39 Å². The van der Waals surface area contributed by atoms with Crippen LogP contribution in [0.5, 0.6) is 0 Å². The third kappa shape index (κ3) is 5.25. The summed E-state index contributed by atoms with van der Waals surface area (Å²) in [5, 5.41) is 0.0297. The molecule has 0 atom stereocenters. The first-order chi connectivity index (χ1) is 12.8. The molecule has 0 radical (unpaired) electrons. The van der Waals surface area contributed by atoms with E-state index in [-0.39, 0.29) is 10.8 Å². The van der Waals surface area contributed by atoms with E-state index in [4.69, 9.17) is 12.2 Å². The maximum atomic E-state index is 13.4. The fourth-order valence-corrected chi connectivity index (χ4v) is 2.86. The molecular weight excluding hydrogens is 436 g/mol. The normalized spacial score (nSPS) is 12.6. The fourth-order valence-electron chi connectivity index (χ4n) is 1.81. The molecule has 12 heteroatoms. The van der Waals surface area contributed by atoms with Crippen molar-refractivity contribution < 1.29 is 35.1 Å². The Morgan fingerprint density at radius 3 is 1.61 bits per heavy atom. The Kier molecular flexibility index (Phi) is 6.44. The number of nitrogens with one attached hydrogen (secondary N) is 2. The van der Waals surface area contributed by atoms with Crippen molar-refractivity contribution >= 4 is 40.5 Å². The van der Waals surface area contributed by atoms with Gasteiger partial charge in [-0.2, -0.15) is 30.7 Å². The third-order valence-electron chi connectivity index (χ3n) is 3.18. The van der Waals surface area contributed by atoms with Gasteiger partial charge in [-0.05, 0) is 72.5 Å². The van der Waals surface area contributed by atoms with Crippen LogP contribution >= 0.6 is 24.0 Å². The van der Waals surface area contributed by atoms with Crippen molar-refractivity contribution in [2.24, 2.45) is 0 Å². The SMILES string of the molecule is Fc1ccc(NC(=S)Nc2ccc(SC(F)(F)C(F)(F)C(F)(F)F)cc2)cc1. The van der Waals surface area contributed by atoms with Gasteiger partial charge in [-0.15, -0.1) is 0 Å². The molecule has 0 heterocycles. The van der Waals surface area contributed by atoms with Crippen LogP contribution in [0.2, 0.25) is 0 Å². The van der Waals surface area contributed by atoms with E-state index in [0.717, 1.165) is 12.1 Å². The molecule has 0 saturated carbocycles. The lowest BCUT2D eigenvalue weighted by Crippen LogP contribution is -2.49. The summed E-state index contributed by atoms with van der Waals surface area (Å²) in [5.74, 6) is -6.65. The number of alkyl halides is 7. The topological polar surface area (TPSA) is 24.1 Å². The molecule has 0 unspecified atom stereocenters. The Morgan fingerprint density at radius 1 is 0.750 bits per heavy atom. The molecule has 0 bridgehead atoms. The number of benzene rings is 2. The van der Waals surface area contributed by atoms with E-state index in [0.29, 0.717) is 5.69 Å². The first-order valence-corrected chi connectivity index (χ1v) is 8.49. The first kappa shape index (κ1) is 22.2. The molecule has 2 rings (SSSR count). The van der Waals surface area contributed by atoms with Crippen LogP contribution in [0.25, 0.3) is 0 Å². The number of anilines is 2.